The zero-order valence-corrected chi connectivity index (χ0v) is 14.6. The highest BCUT2D eigenvalue weighted by molar-refractivity contribution is 6.15. The molecule has 1 aromatic carbocycles. The van der Waals surface area contributed by atoms with Crippen molar-refractivity contribution in [2.45, 2.75) is 24.6 Å². The molecule has 3 heterocycles. The summed E-state index contributed by atoms with van der Waals surface area (Å²) in [6.07, 6.45) is -0.901. The summed E-state index contributed by atoms with van der Waals surface area (Å²) in [5.74, 6) is -2.83. The largest absolute Gasteiger partial charge is 0.392 e. The van der Waals surface area contributed by atoms with Crippen LogP contribution in [0, 0.1) is 11.8 Å². The molecule has 8 heteroatoms. The van der Waals surface area contributed by atoms with E-state index in [4.69, 9.17) is 4.74 Å². The summed E-state index contributed by atoms with van der Waals surface area (Å²) in [5, 5.41) is 16.2. The maximum atomic E-state index is 13.1. The van der Waals surface area contributed by atoms with E-state index >= 15 is 0 Å². The lowest BCUT2D eigenvalue weighted by molar-refractivity contribution is -0.143. The van der Waals surface area contributed by atoms with Crippen molar-refractivity contribution in [1.82, 2.24) is 10.2 Å². The molecule has 0 bridgehead atoms. The van der Waals surface area contributed by atoms with E-state index < -0.39 is 35.4 Å². The van der Waals surface area contributed by atoms with Crippen molar-refractivity contribution in [2.24, 2.45) is 11.8 Å². The fourth-order valence-electron chi connectivity index (χ4n) is 4.57. The van der Waals surface area contributed by atoms with E-state index in [9.17, 15) is 19.5 Å². The summed E-state index contributed by atoms with van der Waals surface area (Å²) >= 11 is 0. The Hall–Kier alpha value is -2.29. The van der Waals surface area contributed by atoms with Gasteiger partial charge in [-0.25, -0.2) is 0 Å². The van der Waals surface area contributed by atoms with Gasteiger partial charge in [-0.15, -0.1) is 0 Å². The number of anilines is 1. The number of fused-ring (bicyclic) bond motifs is 4. The fraction of sp³-hybridized carbons (Fsp3) is 0.500. The number of carbonyl (C=O) groups is 3. The molecule has 8 nitrogen and oxygen atoms in total. The van der Waals surface area contributed by atoms with Crippen LogP contribution in [-0.4, -0.2) is 60.1 Å². The predicted octanol–water partition coefficient (Wildman–Crippen LogP) is -0.566. The zero-order valence-electron chi connectivity index (χ0n) is 14.6. The minimum Gasteiger partial charge on any atom is -0.392 e. The Morgan fingerprint density at radius 2 is 2.00 bits per heavy atom. The molecule has 0 radical (unpaired) electrons. The van der Waals surface area contributed by atoms with Crippen LogP contribution in [0.3, 0.4) is 0 Å². The summed E-state index contributed by atoms with van der Waals surface area (Å²) < 4.78 is 5.00. The first-order valence-corrected chi connectivity index (χ1v) is 8.64. The average molecular weight is 359 g/mol. The highest BCUT2D eigenvalue weighted by Gasteiger charge is 2.70. The molecule has 1 aromatic rings. The molecule has 0 aromatic heterocycles. The number of aliphatic hydroxyl groups is 1. The third-order valence-electron chi connectivity index (χ3n) is 5.69. The van der Waals surface area contributed by atoms with E-state index in [1.165, 1.54) is 7.11 Å². The maximum Gasteiger partial charge on any atom is 0.250 e. The quantitative estimate of drug-likeness (QED) is 0.622. The van der Waals surface area contributed by atoms with Crippen LogP contribution in [0.2, 0.25) is 0 Å². The minimum atomic E-state index is -1.35. The number of carbonyl (C=O) groups excluding carboxylic acids is 3. The van der Waals surface area contributed by atoms with Gasteiger partial charge in [-0.2, -0.15) is 0 Å². The van der Waals surface area contributed by atoms with Crippen molar-refractivity contribution in [3.63, 3.8) is 0 Å². The molecule has 3 unspecified atom stereocenters. The lowest BCUT2D eigenvalue weighted by atomic mass is 9.76. The van der Waals surface area contributed by atoms with Crippen LogP contribution in [0.25, 0.3) is 0 Å². The number of amides is 3. The number of likely N-dealkylation sites (tertiary alicyclic amines) is 1. The van der Waals surface area contributed by atoms with E-state index in [1.807, 2.05) is 0 Å². The number of para-hydroxylation sites is 1. The maximum absolute atomic E-state index is 13.1. The second kappa shape index (κ2) is 5.87. The molecule has 26 heavy (non-hydrogen) atoms. The Morgan fingerprint density at radius 1 is 1.27 bits per heavy atom. The third kappa shape index (κ3) is 2.03. The first-order valence-electron chi connectivity index (χ1n) is 8.64. The molecule has 5 atom stereocenters. The number of benzene rings is 1. The second-order valence-electron chi connectivity index (χ2n) is 7.04. The van der Waals surface area contributed by atoms with Crippen molar-refractivity contribution in [2.75, 3.05) is 25.6 Å². The molecule has 3 amide bonds. The molecular formula is C18H21N3O5. The van der Waals surface area contributed by atoms with E-state index in [0.29, 0.717) is 11.3 Å². The van der Waals surface area contributed by atoms with E-state index in [-0.39, 0.29) is 25.0 Å². The Balaban J connectivity index is 1.85. The Labute approximate surface area is 150 Å². The summed E-state index contributed by atoms with van der Waals surface area (Å²) in [6, 6.07) is 6.43. The van der Waals surface area contributed by atoms with Gasteiger partial charge < -0.3 is 15.2 Å². The third-order valence-corrected chi connectivity index (χ3v) is 5.69. The van der Waals surface area contributed by atoms with Gasteiger partial charge in [0.1, 0.15) is 5.54 Å². The molecule has 2 fully saturated rings. The van der Waals surface area contributed by atoms with Gasteiger partial charge in [0.15, 0.2) is 0 Å². The minimum absolute atomic E-state index is 0.132. The normalized spacial score (nSPS) is 33.6. The number of hydrogen-bond donors (Lipinski definition) is 3. The van der Waals surface area contributed by atoms with Crippen LogP contribution in [-0.2, 0) is 24.7 Å². The lowest BCUT2D eigenvalue weighted by Gasteiger charge is -2.30. The standard InChI is InChI=1S/C18H21N3O5/c1-9(22)14-12-13(16(24)21(15(12)23)7-8-26-2)18(20-14)10-5-3-4-6-11(10)19-17(18)25/h3-6,9,12-14,20,22H,7-8H2,1-2H3,(H,19,25)/t9?,12-,13-,14?,18?/m1/s1. The summed E-state index contributed by atoms with van der Waals surface area (Å²) in [6.45, 7) is 1.91. The summed E-state index contributed by atoms with van der Waals surface area (Å²) in [7, 11) is 1.49. The van der Waals surface area contributed by atoms with E-state index in [0.717, 1.165) is 4.90 Å². The molecule has 0 aliphatic carbocycles. The lowest BCUT2D eigenvalue weighted by Crippen LogP contribution is -2.55. The van der Waals surface area contributed by atoms with Gasteiger partial charge in [-0.3, -0.25) is 24.6 Å². The first kappa shape index (κ1) is 17.1. The number of nitrogens with zero attached hydrogens (tertiary/aromatic N) is 1. The number of nitrogens with one attached hydrogen (secondary N) is 2. The van der Waals surface area contributed by atoms with Crippen LogP contribution in [0.5, 0.6) is 0 Å². The van der Waals surface area contributed by atoms with Gasteiger partial charge in [-0.05, 0) is 13.0 Å². The van der Waals surface area contributed by atoms with Gasteiger partial charge >= 0.3 is 0 Å². The molecule has 3 aliphatic heterocycles. The van der Waals surface area contributed by atoms with Gasteiger partial charge in [0.2, 0.25) is 17.7 Å². The van der Waals surface area contributed by atoms with Crippen LogP contribution < -0.4 is 10.6 Å². The molecule has 1 spiro atoms. The molecular weight excluding hydrogens is 338 g/mol. The predicted molar refractivity (Wildman–Crippen MR) is 90.9 cm³/mol. The monoisotopic (exact) mass is 359 g/mol. The van der Waals surface area contributed by atoms with Crippen molar-refractivity contribution in [3.05, 3.63) is 29.8 Å². The molecule has 0 saturated carbocycles. The van der Waals surface area contributed by atoms with Crippen molar-refractivity contribution >= 4 is 23.4 Å². The van der Waals surface area contributed by atoms with Gasteiger partial charge in [0, 0.05) is 24.4 Å². The van der Waals surface area contributed by atoms with Crippen molar-refractivity contribution < 1.29 is 24.2 Å². The average Bonchev–Trinajstić information content (AvgIpc) is 3.20. The second-order valence-corrected chi connectivity index (χ2v) is 7.04. The Morgan fingerprint density at radius 3 is 2.69 bits per heavy atom. The Bertz CT molecular complexity index is 795. The number of aliphatic hydroxyl groups excluding tert-OH is 1. The molecule has 3 N–H and O–H groups in total. The van der Waals surface area contributed by atoms with Gasteiger partial charge in [0.05, 0.1) is 31.1 Å². The highest BCUT2D eigenvalue weighted by Crippen LogP contribution is 2.53. The van der Waals surface area contributed by atoms with Crippen LogP contribution in [0.15, 0.2) is 24.3 Å². The molecule has 138 valence electrons. The van der Waals surface area contributed by atoms with Gasteiger partial charge in [0.25, 0.3) is 0 Å². The van der Waals surface area contributed by atoms with E-state index in [2.05, 4.69) is 10.6 Å². The first-order chi connectivity index (χ1) is 12.4. The number of methoxy groups -OCH3 is 1. The van der Waals surface area contributed by atoms with E-state index in [1.54, 1.807) is 31.2 Å². The summed E-state index contributed by atoms with van der Waals surface area (Å²) in [4.78, 5) is 40.2. The number of ether oxygens (including phenoxy) is 1. The SMILES string of the molecule is COCCN1C(=O)[C@H]2C(C(C)O)NC3(C(=O)Nc4ccccc43)[C@H]2C1=O. The number of imide groups is 1. The van der Waals surface area contributed by atoms with Crippen LogP contribution in [0.4, 0.5) is 5.69 Å². The summed E-state index contributed by atoms with van der Waals surface area (Å²) in [5.41, 5.74) is -0.0965. The molecule has 2 saturated heterocycles. The zero-order chi connectivity index (χ0) is 18.6. The highest BCUT2D eigenvalue weighted by atomic mass is 16.5. The topological polar surface area (TPSA) is 108 Å². The van der Waals surface area contributed by atoms with Crippen LogP contribution >= 0.6 is 0 Å². The number of rotatable bonds is 4. The smallest absolute Gasteiger partial charge is 0.250 e. The van der Waals surface area contributed by atoms with Crippen molar-refractivity contribution in [3.8, 4) is 0 Å². The number of hydrogen-bond acceptors (Lipinski definition) is 6. The van der Waals surface area contributed by atoms with Gasteiger partial charge in [-0.1, -0.05) is 18.2 Å². The van der Waals surface area contributed by atoms with Crippen molar-refractivity contribution in [1.29, 1.82) is 0 Å². The fourth-order valence-corrected chi connectivity index (χ4v) is 4.57. The molecule has 3 aliphatic rings. The van der Waals surface area contributed by atoms with Crippen LogP contribution in [0.1, 0.15) is 12.5 Å². The Kier molecular flexibility index (Phi) is 3.87. The molecule has 4 rings (SSSR count).